The number of benzene rings is 2. The Kier molecular flexibility index (Phi) is 5.26. The molecule has 1 fully saturated rings. The first kappa shape index (κ1) is 18.1. The Morgan fingerprint density at radius 3 is 2.39 bits per heavy atom. The number of carbonyl (C=O) groups is 2. The van der Waals surface area contributed by atoms with Gasteiger partial charge in [0.05, 0.1) is 11.2 Å². The Hall–Kier alpha value is -3.31. The number of ketones is 1. The fraction of sp³-hybridized carbons (Fsp3) is 0.174. The molecule has 0 spiro atoms. The van der Waals surface area contributed by atoms with Crippen molar-refractivity contribution in [3.8, 4) is 0 Å². The monoisotopic (exact) mass is 371 g/mol. The molecule has 1 aliphatic heterocycles. The lowest BCUT2D eigenvalue weighted by Gasteiger charge is -2.27. The van der Waals surface area contributed by atoms with Crippen molar-refractivity contribution in [3.63, 3.8) is 0 Å². The molecular formula is C23H21N3O2. The van der Waals surface area contributed by atoms with Crippen LogP contribution in [0.2, 0.25) is 0 Å². The molecule has 1 N–H and O–H groups in total. The average molecular weight is 371 g/mol. The van der Waals surface area contributed by atoms with Gasteiger partial charge in [-0.15, -0.1) is 0 Å². The van der Waals surface area contributed by atoms with Gasteiger partial charge in [-0.25, -0.2) is 4.98 Å². The van der Waals surface area contributed by atoms with E-state index < -0.39 is 0 Å². The fourth-order valence-electron chi connectivity index (χ4n) is 3.26. The van der Waals surface area contributed by atoms with E-state index in [1.807, 2.05) is 41.3 Å². The van der Waals surface area contributed by atoms with E-state index in [1.54, 1.807) is 30.3 Å². The van der Waals surface area contributed by atoms with Crippen molar-refractivity contribution in [1.82, 2.24) is 15.2 Å². The van der Waals surface area contributed by atoms with E-state index in [1.165, 1.54) is 6.08 Å². The first-order chi connectivity index (χ1) is 13.7. The number of para-hydroxylation sites is 1. The van der Waals surface area contributed by atoms with Crippen LogP contribution in [0.3, 0.4) is 0 Å². The second kappa shape index (κ2) is 8.15. The zero-order valence-corrected chi connectivity index (χ0v) is 15.5. The highest BCUT2D eigenvalue weighted by molar-refractivity contribution is 6.07. The Bertz CT molecular complexity index is 1040. The predicted octanol–water partition coefficient (Wildman–Crippen LogP) is 3.18. The van der Waals surface area contributed by atoms with Gasteiger partial charge in [0.2, 0.25) is 0 Å². The third-order valence-electron chi connectivity index (χ3n) is 4.85. The summed E-state index contributed by atoms with van der Waals surface area (Å²) in [6.45, 7) is 3.05. The predicted molar refractivity (Wildman–Crippen MR) is 110 cm³/mol. The zero-order valence-electron chi connectivity index (χ0n) is 15.5. The largest absolute Gasteiger partial charge is 0.336 e. The molecular weight excluding hydrogens is 350 g/mol. The highest BCUT2D eigenvalue weighted by atomic mass is 16.2. The number of fused-ring (bicyclic) bond motifs is 1. The third-order valence-corrected chi connectivity index (χ3v) is 4.85. The smallest absolute Gasteiger partial charge is 0.253 e. The molecule has 140 valence electrons. The minimum Gasteiger partial charge on any atom is -0.336 e. The maximum Gasteiger partial charge on any atom is 0.253 e. The molecule has 2 aromatic carbocycles. The minimum absolute atomic E-state index is 0.0106. The van der Waals surface area contributed by atoms with Crippen LogP contribution in [0.4, 0.5) is 0 Å². The number of amides is 1. The molecule has 0 unspecified atom stereocenters. The van der Waals surface area contributed by atoms with Gasteiger partial charge in [0.1, 0.15) is 0 Å². The van der Waals surface area contributed by atoms with Gasteiger partial charge in [0.25, 0.3) is 5.91 Å². The Labute approximate surface area is 163 Å². The van der Waals surface area contributed by atoms with Crippen molar-refractivity contribution in [3.05, 3.63) is 83.6 Å². The molecule has 3 aromatic rings. The first-order valence-corrected chi connectivity index (χ1v) is 9.39. The van der Waals surface area contributed by atoms with Crippen LogP contribution in [0.25, 0.3) is 17.0 Å². The van der Waals surface area contributed by atoms with Crippen molar-refractivity contribution < 1.29 is 9.59 Å². The summed E-state index contributed by atoms with van der Waals surface area (Å²) in [5.74, 6) is -0.104. The van der Waals surface area contributed by atoms with Crippen LogP contribution in [0.1, 0.15) is 26.4 Å². The molecule has 28 heavy (non-hydrogen) atoms. The number of allylic oxidation sites excluding steroid dienone is 1. The summed E-state index contributed by atoms with van der Waals surface area (Å²) in [7, 11) is 0. The SMILES string of the molecule is O=C(C=Cc1ccc2ccccc2n1)c1ccc(C(=O)N2CCNCC2)cc1. The van der Waals surface area contributed by atoms with Crippen LogP contribution in [0.5, 0.6) is 0 Å². The molecule has 2 heterocycles. The fourth-order valence-corrected chi connectivity index (χ4v) is 3.26. The molecule has 0 saturated carbocycles. The van der Waals surface area contributed by atoms with Crippen LogP contribution in [-0.2, 0) is 0 Å². The van der Waals surface area contributed by atoms with E-state index in [0.29, 0.717) is 24.2 Å². The van der Waals surface area contributed by atoms with Gasteiger partial charge >= 0.3 is 0 Å². The number of rotatable bonds is 4. The second-order valence-corrected chi connectivity index (χ2v) is 6.75. The van der Waals surface area contributed by atoms with Crippen molar-refractivity contribution in [2.24, 2.45) is 0 Å². The van der Waals surface area contributed by atoms with Crippen LogP contribution in [0.15, 0.2) is 66.7 Å². The lowest BCUT2D eigenvalue weighted by atomic mass is 10.1. The lowest BCUT2D eigenvalue weighted by Crippen LogP contribution is -2.46. The average Bonchev–Trinajstić information content (AvgIpc) is 2.77. The van der Waals surface area contributed by atoms with Gasteiger partial charge in [-0.1, -0.05) is 36.4 Å². The molecule has 1 aromatic heterocycles. The molecule has 1 saturated heterocycles. The van der Waals surface area contributed by atoms with E-state index >= 15 is 0 Å². The molecule has 0 radical (unpaired) electrons. The van der Waals surface area contributed by atoms with Gasteiger partial charge in [-0.2, -0.15) is 0 Å². The molecule has 0 bridgehead atoms. The number of hydrogen-bond acceptors (Lipinski definition) is 4. The number of pyridine rings is 1. The Balaban J connectivity index is 1.45. The summed E-state index contributed by atoms with van der Waals surface area (Å²) in [4.78, 5) is 31.3. The van der Waals surface area contributed by atoms with Crippen molar-refractivity contribution in [2.75, 3.05) is 26.2 Å². The number of hydrogen-bond donors (Lipinski definition) is 1. The van der Waals surface area contributed by atoms with Gasteiger partial charge in [-0.3, -0.25) is 9.59 Å². The van der Waals surface area contributed by atoms with E-state index in [2.05, 4.69) is 10.3 Å². The number of nitrogens with one attached hydrogen (secondary N) is 1. The number of nitrogens with zero attached hydrogens (tertiary/aromatic N) is 2. The van der Waals surface area contributed by atoms with Crippen molar-refractivity contribution in [2.45, 2.75) is 0 Å². The van der Waals surface area contributed by atoms with Gasteiger partial charge in [-0.05, 0) is 36.4 Å². The lowest BCUT2D eigenvalue weighted by molar-refractivity contribution is 0.0735. The molecule has 0 atom stereocenters. The van der Waals surface area contributed by atoms with Gasteiger partial charge in [0, 0.05) is 42.7 Å². The van der Waals surface area contributed by atoms with E-state index in [9.17, 15) is 9.59 Å². The second-order valence-electron chi connectivity index (χ2n) is 6.75. The van der Waals surface area contributed by atoms with Crippen molar-refractivity contribution >= 4 is 28.7 Å². The maximum atomic E-state index is 12.5. The summed E-state index contributed by atoms with van der Waals surface area (Å²) < 4.78 is 0. The Morgan fingerprint density at radius 2 is 1.61 bits per heavy atom. The Morgan fingerprint density at radius 1 is 0.893 bits per heavy atom. The summed E-state index contributed by atoms with van der Waals surface area (Å²) in [6, 6.07) is 18.6. The maximum absolute atomic E-state index is 12.5. The molecule has 1 aliphatic rings. The molecule has 0 aliphatic carbocycles. The first-order valence-electron chi connectivity index (χ1n) is 9.39. The highest BCUT2D eigenvalue weighted by Crippen LogP contribution is 2.14. The number of piperazine rings is 1. The zero-order chi connectivity index (χ0) is 19.3. The molecule has 5 heteroatoms. The summed E-state index contributed by atoms with van der Waals surface area (Å²) in [6.07, 6.45) is 3.23. The van der Waals surface area contributed by atoms with E-state index in [4.69, 9.17) is 0 Å². The van der Waals surface area contributed by atoms with Crippen LogP contribution < -0.4 is 5.32 Å². The highest BCUT2D eigenvalue weighted by Gasteiger charge is 2.17. The summed E-state index contributed by atoms with van der Waals surface area (Å²) >= 11 is 0. The summed E-state index contributed by atoms with van der Waals surface area (Å²) in [5.41, 5.74) is 2.79. The van der Waals surface area contributed by atoms with Gasteiger partial charge in [0.15, 0.2) is 5.78 Å². The van der Waals surface area contributed by atoms with Gasteiger partial charge < -0.3 is 10.2 Å². The van der Waals surface area contributed by atoms with Crippen LogP contribution in [0, 0.1) is 0 Å². The minimum atomic E-state index is -0.115. The molecule has 5 nitrogen and oxygen atoms in total. The topological polar surface area (TPSA) is 62.3 Å². The van der Waals surface area contributed by atoms with Crippen molar-refractivity contribution in [1.29, 1.82) is 0 Å². The number of aromatic nitrogens is 1. The summed E-state index contributed by atoms with van der Waals surface area (Å²) in [5, 5.41) is 4.30. The van der Waals surface area contributed by atoms with E-state index in [0.717, 1.165) is 29.7 Å². The molecule has 1 amide bonds. The quantitative estimate of drug-likeness (QED) is 0.565. The standard InChI is InChI=1S/C23H21N3O2/c27-22(12-11-20-10-9-17-3-1-2-4-21(17)25-20)18-5-7-19(8-6-18)23(28)26-15-13-24-14-16-26/h1-12,24H,13-16H2. The van der Waals surface area contributed by atoms with Crippen LogP contribution >= 0.6 is 0 Å². The third kappa shape index (κ3) is 4.00. The van der Waals surface area contributed by atoms with E-state index in [-0.39, 0.29) is 11.7 Å². The number of carbonyl (C=O) groups excluding carboxylic acids is 2. The normalized spacial score (nSPS) is 14.5. The van der Waals surface area contributed by atoms with Crippen LogP contribution in [-0.4, -0.2) is 47.8 Å². The molecule has 4 rings (SSSR count).